The summed E-state index contributed by atoms with van der Waals surface area (Å²) in [5.74, 6) is -0.291. The van der Waals surface area contributed by atoms with Crippen LogP contribution in [0.5, 0.6) is 5.75 Å². The maximum atomic E-state index is 12.1. The summed E-state index contributed by atoms with van der Waals surface area (Å²) in [4.78, 5) is 36.3. The molecule has 0 aliphatic heterocycles. The van der Waals surface area contributed by atoms with Crippen LogP contribution in [0.2, 0.25) is 5.02 Å². The first-order valence-electron chi connectivity index (χ1n) is 14.1. The molecule has 0 saturated carbocycles. The van der Waals surface area contributed by atoms with Gasteiger partial charge in [-0.2, -0.15) is 5.26 Å². The first-order valence-corrected chi connectivity index (χ1v) is 15.4. The fourth-order valence-electron chi connectivity index (χ4n) is 4.02. The predicted octanol–water partition coefficient (Wildman–Crippen LogP) is 4.88. The molecule has 0 unspecified atom stereocenters. The molecule has 0 amide bonds. The van der Waals surface area contributed by atoms with Crippen LogP contribution >= 0.6 is 23.4 Å². The normalized spacial score (nSPS) is 12.7. The van der Waals surface area contributed by atoms with Gasteiger partial charge >= 0.3 is 11.9 Å². The number of carbonyl (C=O) groups is 2. The maximum absolute atomic E-state index is 12.1. The molecule has 0 radical (unpaired) electrons. The van der Waals surface area contributed by atoms with Gasteiger partial charge in [0.1, 0.15) is 54.2 Å². The van der Waals surface area contributed by atoms with Gasteiger partial charge in [-0.3, -0.25) is 9.59 Å². The van der Waals surface area contributed by atoms with Crippen LogP contribution in [0.1, 0.15) is 25.1 Å². The van der Waals surface area contributed by atoms with Crippen molar-refractivity contribution < 1.29 is 28.2 Å². The van der Waals surface area contributed by atoms with Crippen molar-refractivity contribution in [1.82, 2.24) is 9.97 Å². The Kier molecular flexibility index (Phi) is 11.8. The molecule has 4 aromatic rings. The lowest BCUT2D eigenvalue weighted by molar-refractivity contribution is -0.162. The molecule has 242 valence electrons. The zero-order chi connectivity index (χ0) is 34.1. The van der Waals surface area contributed by atoms with Gasteiger partial charge in [-0.15, -0.1) is 0 Å². The Labute approximate surface area is 279 Å². The van der Waals surface area contributed by atoms with E-state index in [0.717, 1.165) is 5.56 Å². The number of oxazole rings is 1. The summed E-state index contributed by atoms with van der Waals surface area (Å²) in [6, 6.07) is 14.0. The molecule has 2 heterocycles. The third-order valence-electron chi connectivity index (χ3n) is 6.41. The number of benzene rings is 2. The summed E-state index contributed by atoms with van der Waals surface area (Å²) in [5.41, 5.74) is 19.7. The van der Waals surface area contributed by atoms with E-state index in [9.17, 15) is 14.9 Å². The Morgan fingerprint density at radius 1 is 1.04 bits per heavy atom. The largest absolute Gasteiger partial charge is 0.490 e. The molecule has 6 N–H and O–H groups in total. The maximum Gasteiger partial charge on any atom is 0.323 e. The van der Waals surface area contributed by atoms with Gasteiger partial charge in [-0.25, -0.2) is 14.8 Å². The Balaban J connectivity index is 1.52. The summed E-state index contributed by atoms with van der Waals surface area (Å²) in [6.07, 6.45) is 0.561. The molecule has 47 heavy (non-hydrogen) atoms. The zero-order valence-corrected chi connectivity index (χ0v) is 26.9. The van der Waals surface area contributed by atoms with Crippen molar-refractivity contribution in [1.29, 1.82) is 5.26 Å². The van der Waals surface area contributed by atoms with E-state index in [-0.39, 0.29) is 30.3 Å². The molecule has 0 saturated heterocycles. The number of nitrogens with zero attached hydrogens (tertiary/aromatic N) is 4. The van der Waals surface area contributed by atoms with Gasteiger partial charge in [-0.1, -0.05) is 35.5 Å². The molecule has 2 aromatic carbocycles. The second kappa shape index (κ2) is 15.9. The molecule has 13 nitrogen and oxygen atoms in total. The molecule has 2 aromatic heterocycles. The van der Waals surface area contributed by atoms with Crippen LogP contribution in [0.25, 0.3) is 27.4 Å². The van der Waals surface area contributed by atoms with Gasteiger partial charge in [0.05, 0.1) is 17.8 Å². The topological polar surface area (TPSA) is 207 Å². The lowest BCUT2D eigenvalue weighted by Gasteiger charge is -2.20. The summed E-state index contributed by atoms with van der Waals surface area (Å²) < 4.78 is 21.8. The van der Waals surface area contributed by atoms with E-state index in [4.69, 9.17) is 54.0 Å². The highest BCUT2D eigenvalue weighted by molar-refractivity contribution is 7.98. The van der Waals surface area contributed by atoms with Crippen molar-refractivity contribution in [2.45, 2.75) is 42.8 Å². The number of esters is 2. The molecule has 15 heteroatoms. The Morgan fingerprint density at radius 2 is 1.70 bits per heavy atom. The number of anilines is 1. The molecule has 3 atom stereocenters. The monoisotopic (exact) mass is 675 g/mol. The van der Waals surface area contributed by atoms with E-state index in [1.165, 1.54) is 31.9 Å². The first-order chi connectivity index (χ1) is 22.5. The van der Waals surface area contributed by atoms with Crippen LogP contribution in [0.4, 0.5) is 11.5 Å². The van der Waals surface area contributed by atoms with Crippen LogP contribution in [0.15, 0.2) is 64.2 Å². The Hall–Kier alpha value is -5.12. The molecule has 0 fully saturated rings. The molecular weight excluding hydrogens is 646 g/mol. The van der Waals surface area contributed by atoms with Gasteiger partial charge < -0.3 is 35.8 Å². The van der Waals surface area contributed by atoms with Crippen LogP contribution in [-0.4, -0.2) is 53.3 Å². The third-order valence-corrected chi connectivity index (χ3v) is 7.67. The van der Waals surface area contributed by atoms with E-state index in [1.807, 2.05) is 0 Å². The zero-order valence-electron chi connectivity index (χ0n) is 25.3. The molecule has 0 bridgehead atoms. The number of pyridine rings is 1. The minimum Gasteiger partial charge on any atom is -0.490 e. The number of thioether (sulfide) groups is 1. The molecule has 4 rings (SSSR count). The highest BCUT2D eigenvalue weighted by Crippen LogP contribution is 2.42. The van der Waals surface area contributed by atoms with E-state index >= 15 is 0 Å². The number of halogens is 1. The van der Waals surface area contributed by atoms with Crippen molar-refractivity contribution >= 4 is 46.8 Å². The van der Waals surface area contributed by atoms with Crippen LogP contribution in [0.3, 0.4) is 0 Å². The van der Waals surface area contributed by atoms with E-state index in [2.05, 4.69) is 20.9 Å². The van der Waals surface area contributed by atoms with Crippen molar-refractivity contribution in [3.05, 3.63) is 82.5 Å². The van der Waals surface area contributed by atoms with Gasteiger partial charge in [0.15, 0.2) is 6.10 Å². The van der Waals surface area contributed by atoms with Gasteiger partial charge in [0.2, 0.25) is 11.6 Å². The summed E-state index contributed by atoms with van der Waals surface area (Å²) in [7, 11) is 0. The van der Waals surface area contributed by atoms with Crippen LogP contribution < -0.4 is 21.9 Å². The second-order valence-corrected chi connectivity index (χ2v) is 11.6. The lowest BCUT2D eigenvalue weighted by atomic mass is 10.00. The molecule has 0 spiro atoms. The number of hydrogen-bond donors (Lipinski definition) is 3. The number of carbonyl (C=O) groups excluding carboxylic acids is 2. The minimum absolute atomic E-state index is 0.0287. The summed E-state index contributed by atoms with van der Waals surface area (Å²) in [6.45, 7) is 10.2. The Bertz CT molecular complexity index is 1820. The smallest absolute Gasteiger partial charge is 0.323 e. The molecular formula is C32H30ClN7O6S. The second-order valence-electron chi connectivity index (χ2n) is 10.2. The summed E-state index contributed by atoms with van der Waals surface area (Å²) in [5, 5.41) is 11.1. The van der Waals surface area contributed by atoms with E-state index in [1.54, 1.807) is 48.5 Å². The van der Waals surface area contributed by atoms with Crippen LogP contribution in [0, 0.1) is 17.9 Å². The van der Waals surface area contributed by atoms with E-state index in [0.29, 0.717) is 44.3 Å². The predicted molar refractivity (Wildman–Crippen MR) is 175 cm³/mol. The van der Waals surface area contributed by atoms with Gasteiger partial charge in [-0.05, 0) is 55.8 Å². The standard InChI is InChI=1S/C32H30ClN7O6S/c1-17(35)31(41)45-15-24(46-32(42)18(2)36)14-43-23-10-6-19(7-11-23)26-25(12-34)30(40-28(37)27(26)38-3)47-16-22-13-44-29(39-22)20-4-8-21(33)9-5-20/h4-11,13,17-18,24H,14-16,35-36H2,1-2H3,(H2,37,40)/t17-,18-,24+/m0/s1. The first kappa shape index (κ1) is 34.7. The van der Waals surface area contributed by atoms with Crippen molar-refractivity contribution in [3.63, 3.8) is 0 Å². The highest BCUT2D eigenvalue weighted by Gasteiger charge is 2.23. The quantitative estimate of drug-likeness (QED) is 0.0982. The number of rotatable bonds is 13. The van der Waals surface area contributed by atoms with Crippen molar-refractivity contribution in [2.75, 3.05) is 18.9 Å². The number of nitrogens with two attached hydrogens (primary N) is 3. The van der Waals surface area contributed by atoms with Crippen molar-refractivity contribution in [3.8, 4) is 34.4 Å². The average molecular weight is 676 g/mol. The lowest BCUT2D eigenvalue weighted by Crippen LogP contribution is -2.38. The van der Waals surface area contributed by atoms with Crippen molar-refractivity contribution in [2.24, 2.45) is 11.5 Å². The number of ether oxygens (including phenoxy) is 3. The number of hydrogen-bond acceptors (Lipinski definition) is 13. The SMILES string of the molecule is [C-]#[N+]c1c(N)nc(SCc2coc(-c3ccc(Cl)cc3)n2)c(C#N)c1-c1ccc(OC[C@H](COC(=O)[C@H](C)N)OC(=O)[C@H](C)N)cc1. The number of nitrogen functional groups attached to an aromatic ring is 1. The minimum atomic E-state index is -0.957. The average Bonchev–Trinajstić information content (AvgIpc) is 3.54. The number of nitriles is 1. The fraction of sp³-hybridized carbons (Fsp3) is 0.250. The number of aromatic nitrogens is 2. The Morgan fingerprint density at radius 3 is 2.32 bits per heavy atom. The highest BCUT2D eigenvalue weighted by atomic mass is 35.5. The van der Waals surface area contributed by atoms with Gasteiger partial charge in [0.25, 0.3) is 0 Å². The molecule has 0 aliphatic rings. The van der Waals surface area contributed by atoms with Gasteiger partial charge in [0, 0.05) is 21.9 Å². The van der Waals surface area contributed by atoms with Crippen LogP contribution in [-0.2, 0) is 24.8 Å². The summed E-state index contributed by atoms with van der Waals surface area (Å²) >= 11 is 7.20. The van der Waals surface area contributed by atoms with E-state index < -0.39 is 30.1 Å². The molecule has 0 aliphatic carbocycles. The third kappa shape index (κ3) is 9.00. The fourth-order valence-corrected chi connectivity index (χ4v) is 5.01.